The van der Waals surface area contributed by atoms with Gasteiger partial charge in [0.1, 0.15) is 11.3 Å². The number of fused-ring (bicyclic) bond motifs is 1. The van der Waals surface area contributed by atoms with E-state index in [1.807, 2.05) is 0 Å². The lowest BCUT2D eigenvalue weighted by Crippen LogP contribution is -2.28. The minimum Gasteiger partial charge on any atom is -0.304 e. The van der Waals surface area contributed by atoms with Gasteiger partial charge in [-0.3, -0.25) is 0 Å². The second-order valence-corrected chi connectivity index (χ2v) is 7.05. The standard InChI is InChI=1S/C15H12F4N4O2S/c16-10-3-5-11(6-4-10)26(24,25)21-8-9-23-13-12(2-1-7-20-13)22-14(23)15(17,18)19/h1-7,21H,8-9H2. The molecule has 3 rings (SSSR count). The number of imidazole rings is 1. The number of nitrogens with zero attached hydrogens (tertiary/aromatic N) is 3. The second-order valence-electron chi connectivity index (χ2n) is 5.28. The van der Waals surface area contributed by atoms with Gasteiger partial charge in [0.15, 0.2) is 5.65 Å². The van der Waals surface area contributed by atoms with Crippen LogP contribution in [0.2, 0.25) is 0 Å². The lowest BCUT2D eigenvalue weighted by Gasteiger charge is -2.12. The average molecular weight is 388 g/mol. The van der Waals surface area contributed by atoms with Crippen LogP contribution in [0.15, 0.2) is 47.5 Å². The second kappa shape index (κ2) is 6.65. The first-order chi connectivity index (χ1) is 12.2. The van der Waals surface area contributed by atoms with E-state index in [9.17, 15) is 26.0 Å². The number of alkyl halides is 3. The Morgan fingerprint density at radius 1 is 1.12 bits per heavy atom. The monoisotopic (exact) mass is 388 g/mol. The quantitative estimate of drug-likeness (QED) is 0.682. The summed E-state index contributed by atoms with van der Waals surface area (Å²) in [5, 5.41) is 0. The largest absolute Gasteiger partial charge is 0.449 e. The molecule has 138 valence electrons. The summed E-state index contributed by atoms with van der Waals surface area (Å²) in [7, 11) is -3.98. The molecule has 2 heterocycles. The van der Waals surface area contributed by atoms with E-state index in [1.165, 1.54) is 18.3 Å². The molecule has 0 radical (unpaired) electrons. The van der Waals surface area contributed by atoms with Gasteiger partial charge in [0.25, 0.3) is 0 Å². The summed E-state index contributed by atoms with van der Waals surface area (Å²) in [6.45, 7) is -0.659. The van der Waals surface area contributed by atoms with Crippen molar-refractivity contribution >= 4 is 21.2 Å². The number of halogens is 4. The minimum atomic E-state index is -4.71. The first-order valence-corrected chi connectivity index (χ1v) is 8.80. The molecule has 1 aromatic carbocycles. The Morgan fingerprint density at radius 3 is 2.46 bits per heavy atom. The van der Waals surface area contributed by atoms with Crippen LogP contribution in [0.25, 0.3) is 11.2 Å². The number of hydrogen-bond acceptors (Lipinski definition) is 4. The maximum atomic E-state index is 13.2. The van der Waals surface area contributed by atoms with Crippen molar-refractivity contribution in [2.45, 2.75) is 17.6 Å². The predicted molar refractivity (Wildman–Crippen MR) is 84.1 cm³/mol. The van der Waals surface area contributed by atoms with E-state index in [2.05, 4.69) is 14.7 Å². The van der Waals surface area contributed by atoms with Gasteiger partial charge in [0, 0.05) is 19.3 Å². The van der Waals surface area contributed by atoms with E-state index in [0.29, 0.717) is 0 Å². The molecule has 6 nitrogen and oxygen atoms in total. The molecule has 0 aliphatic rings. The number of nitrogens with one attached hydrogen (secondary N) is 1. The van der Waals surface area contributed by atoms with Gasteiger partial charge in [-0.2, -0.15) is 13.2 Å². The molecule has 26 heavy (non-hydrogen) atoms. The van der Waals surface area contributed by atoms with Crippen LogP contribution in [0.5, 0.6) is 0 Å². The van der Waals surface area contributed by atoms with Crippen molar-refractivity contribution in [2.75, 3.05) is 6.54 Å². The maximum absolute atomic E-state index is 13.2. The fraction of sp³-hybridized carbons (Fsp3) is 0.200. The normalized spacial score (nSPS) is 12.6. The van der Waals surface area contributed by atoms with Crippen LogP contribution in [0.3, 0.4) is 0 Å². The van der Waals surface area contributed by atoms with E-state index in [0.717, 1.165) is 28.8 Å². The SMILES string of the molecule is O=S(=O)(NCCn1c(C(F)(F)F)nc2cccnc21)c1ccc(F)cc1. The van der Waals surface area contributed by atoms with Crippen molar-refractivity contribution in [2.24, 2.45) is 0 Å². The third-order valence-electron chi connectivity index (χ3n) is 3.51. The first kappa shape index (κ1) is 18.3. The summed E-state index contributed by atoms with van der Waals surface area (Å²) in [6, 6.07) is 6.92. The van der Waals surface area contributed by atoms with E-state index in [1.54, 1.807) is 0 Å². The summed E-state index contributed by atoms with van der Waals surface area (Å²) in [6.07, 6.45) is -3.39. The van der Waals surface area contributed by atoms with Crippen LogP contribution < -0.4 is 4.72 Å². The molecule has 11 heteroatoms. The highest BCUT2D eigenvalue weighted by molar-refractivity contribution is 7.89. The number of pyridine rings is 1. The van der Waals surface area contributed by atoms with Crippen LogP contribution in [0, 0.1) is 5.82 Å². The Morgan fingerprint density at radius 2 is 1.81 bits per heavy atom. The molecule has 0 aliphatic carbocycles. The lowest BCUT2D eigenvalue weighted by molar-refractivity contribution is -0.146. The molecule has 0 saturated carbocycles. The van der Waals surface area contributed by atoms with Crippen LogP contribution in [0.1, 0.15) is 5.82 Å². The fourth-order valence-corrected chi connectivity index (χ4v) is 3.40. The molecular weight excluding hydrogens is 376 g/mol. The van der Waals surface area contributed by atoms with E-state index < -0.39 is 27.8 Å². The molecule has 0 atom stereocenters. The Kier molecular flexibility index (Phi) is 4.67. The molecule has 3 aromatic rings. The number of aromatic nitrogens is 3. The first-order valence-electron chi connectivity index (χ1n) is 7.32. The van der Waals surface area contributed by atoms with Gasteiger partial charge >= 0.3 is 6.18 Å². The molecule has 0 spiro atoms. The molecule has 2 aromatic heterocycles. The minimum absolute atomic E-state index is 0.000746. The summed E-state index contributed by atoms with van der Waals surface area (Å²) in [5.74, 6) is -1.76. The Hall–Kier alpha value is -2.53. The summed E-state index contributed by atoms with van der Waals surface area (Å²) in [4.78, 5) is 7.21. The highest BCUT2D eigenvalue weighted by atomic mass is 32.2. The highest BCUT2D eigenvalue weighted by Crippen LogP contribution is 2.30. The highest BCUT2D eigenvalue weighted by Gasteiger charge is 2.37. The molecule has 1 N–H and O–H groups in total. The number of rotatable bonds is 5. The van der Waals surface area contributed by atoms with Gasteiger partial charge < -0.3 is 4.57 Å². The van der Waals surface area contributed by atoms with E-state index in [4.69, 9.17) is 0 Å². The van der Waals surface area contributed by atoms with Crippen molar-refractivity contribution in [1.82, 2.24) is 19.3 Å². The molecule has 0 fully saturated rings. The van der Waals surface area contributed by atoms with Crippen LogP contribution >= 0.6 is 0 Å². The zero-order valence-electron chi connectivity index (χ0n) is 13.0. The molecular formula is C15H12F4N4O2S. The zero-order chi connectivity index (χ0) is 18.9. The summed E-state index contributed by atoms with van der Waals surface area (Å²) >= 11 is 0. The average Bonchev–Trinajstić information content (AvgIpc) is 2.94. The van der Waals surface area contributed by atoms with Gasteiger partial charge in [-0.25, -0.2) is 27.5 Å². The van der Waals surface area contributed by atoms with Crippen molar-refractivity contribution in [3.05, 3.63) is 54.2 Å². The van der Waals surface area contributed by atoms with Crippen LogP contribution in [-0.4, -0.2) is 29.5 Å². The maximum Gasteiger partial charge on any atom is 0.449 e. The van der Waals surface area contributed by atoms with Gasteiger partial charge in [-0.05, 0) is 36.4 Å². The van der Waals surface area contributed by atoms with Gasteiger partial charge in [0.2, 0.25) is 15.8 Å². The van der Waals surface area contributed by atoms with Gasteiger partial charge in [-0.1, -0.05) is 0 Å². The molecule has 0 saturated heterocycles. The third-order valence-corrected chi connectivity index (χ3v) is 4.99. The third kappa shape index (κ3) is 3.68. The Balaban J connectivity index is 1.83. The van der Waals surface area contributed by atoms with Crippen molar-refractivity contribution < 1.29 is 26.0 Å². The smallest absolute Gasteiger partial charge is 0.304 e. The molecule has 0 bridgehead atoms. The number of benzene rings is 1. The Bertz CT molecular complexity index is 1030. The molecule has 0 amide bonds. The summed E-state index contributed by atoms with van der Waals surface area (Å²) < 4.78 is 79.6. The fourth-order valence-electron chi connectivity index (χ4n) is 2.38. The van der Waals surface area contributed by atoms with Gasteiger partial charge in [0.05, 0.1) is 4.90 Å². The van der Waals surface area contributed by atoms with Crippen molar-refractivity contribution in [3.63, 3.8) is 0 Å². The summed E-state index contributed by atoms with van der Waals surface area (Å²) in [5.41, 5.74) is 0.0574. The predicted octanol–water partition coefficient (Wildman–Crippen LogP) is 2.57. The van der Waals surface area contributed by atoms with Crippen LogP contribution in [-0.2, 0) is 22.7 Å². The lowest BCUT2D eigenvalue weighted by atomic mass is 10.4. The van der Waals surface area contributed by atoms with Crippen LogP contribution in [0.4, 0.5) is 17.6 Å². The van der Waals surface area contributed by atoms with E-state index >= 15 is 0 Å². The number of hydrogen-bond donors (Lipinski definition) is 1. The van der Waals surface area contributed by atoms with Gasteiger partial charge in [-0.15, -0.1) is 0 Å². The van der Waals surface area contributed by atoms with E-state index in [-0.39, 0.29) is 29.1 Å². The van der Waals surface area contributed by atoms with Crippen molar-refractivity contribution in [3.8, 4) is 0 Å². The topological polar surface area (TPSA) is 76.9 Å². The molecule has 0 unspecified atom stereocenters. The Labute approximate surface area is 145 Å². The molecule has 0 aliphatic heterocycles. The van der Waals surface area contributed by atoms with Crippen molar-refractivity contribution in [1.29, 1.82) is 0 Å². The zero-order valence-corrected chi connectivity index (χ0v) is 13.9. The number of sulfonamides is 1.